The lowest BCUT2D eigenvalue weighted by molar-refractivity contribution is -0.129. The van der Waals surface area contributed by atoms with E-state index >= 15 is 0 Å². The molecular formula is C14H18N2O4. The summed E-state index contributed by atoms with van der Waals surface area (Å²) in [7, 11) is 1.48. The molecule has 0 heterocycles. The molecule has 1 aliphatic rings. The van der Waals surface area contributed by atoms with Gasteiger partial charge < -0.3 is 20.9 Å². The number of nitrogens with two attached hydrogens (primary N) is 1. The fraction of sp³-hybridized carbons (Fsp3) is 0.429. The second-order valence-electron chi connectivity index (χ2n) is 5.01. The number of aromatic carboxylic acids is 1. The number of anilines is 1. The number of amides is 1. The molecule has 0 bridgehead atoms. The first-order valence-electron chi connectivity index (χ1n) is 6.45. The molecule has 0 spiro atoms. The minimum atomic E-state index is -1.10. The summed E-state index contributed by atoms with van der Waals surface area (Å²) in [6, 6.07) is 4.46. The van der Waals surface area contributed by atoms with Gasteiger partial charge in [0.1, 0.15) is 5.75 Å². The number of benzene rings is 1. The first kappa shape index (κ1) is 14.3. The predicted molar refractivity (Wildman–Crippen MR) is 73.9 cm³/mol. The number of carbonyl (C=O) groups excluding carboxylic acids is 1. The van der Waals surface area contributed by atoms with Gasteiger partial charge in [-0.1, -0.05) is 6.42 Å². The number of ether oxygens (including phenoxy) is 1. The van der Waals surface area contributed by atoms with Crippen LogP contribution in [0.3, 0.4) is 0 Å². The van der Waals surface area contributed by atoms with Crippen LogP contribution in [0.1, 0.15) is 29.6 Å². The molecule has 20 heavy (non-hydrogen) atoms. The highest BCUT2D eigenvalue weighted by atomic mass is 16.5. The Bertz CT molecular complexity index is 532. The van der Waals surface area contributed by atoms with Crippen molar-refractivity contribution in [2.45, 2.75) is 19.3 Å². The normalized spacial score (nSPS) is 16.1. The number of carboxylic acids is 1. The highest BCUT2D eigenvalue weighted by Gasteiger charge is 2.43. The van der Waals surface area contributed by atoms with Crippen LogP contribution in [0.2, 0.25) is 0 Å². The Hall–Kier alpha value is -2.08. The van der Waals surface area contributed by atoms with E-state index in [1.807, 2.05) is 0 Å². The lowest BCUT2D eigenvalue weighted by atomic mass is 9.68. The number of rotatable bonds is 5. The summed E-state index contributed by atoms with van der Waals surface area (Å²) in [5.74, 6) is -0.832. The van der Waals surface area contributed by atoms with Crippen molar-refractivity contribution in [1.82, 2.24) is 0 Å². The van der Waals surface area contributed by atoms with Gasteiger partial charge in [-0.3, -0.25) is 4.79 Å². The molecule has 0 radical (unpaired) electrons. The van der Waals surface area contributed by atoms with Crippen LogP contribution < -0.4 is 15.8 Å². The van der Waals surface area contributed by atoms with Gasteiger partial charge in [-0.2, -0.15) is 0 Å². The summed E-state index contributed by atoms with van der Waals surface area (Å²) in [6.45, 7) is 0.269. The van der Waals surface area contributed by atoms with Gasteiger partial charge in [0.2, 0.25) is 5.91 Å². The molecule has 6 nitrogen and oxygen atoms in total. The van der Waals surface area contributed by atoms with Crippen molar-refractivity contribution >= 4 is 17.6 Å². The lowest BCUT2D eigenvalue weighted by Crippen LogP contribution is -2.47. The second-order valence-corrected chi connectivity index (χ2v) is 5.01. The molecule has 2 rings (SSSR count). The Morgan fingerprint density at radius 2 is 2.15 bits per heavy atom. The molecule has 1 fully saturated rings. The van der Waals surface area contributed by atoms with E-state index in [0.717, 1.165) is 19.3 Å². The summed E-state index contributed by atoms with van der Waals surface area (Å²) < 4.78 is 5.05. The number of hydrogen-bond donors (Lipinski definition) is 3. The van der Waals surface area contributed by atoms with Crippen molar-refractivity contribution in [1.29, 1.82) is 0 Å². The standard InChI is InChI=1S/C14H18N2O4/c1-20-9-3-4-10(12(17)18)11(7-9)16-13(19)14(8-15)5-2-6-14/h3-4,7H,2,5-6,8,15H2,1H3,(H,16,19)(H,17,18). The van der Waals surface area contributed by atoms with Crippen molar-refractivity contribution in [3.63, 3.8) is 0 Å². The van der Waals surface area contributed by atoms with E-state index in [0.29, 0.717) is 5.75 Å². The van der Waals surface area contributed by atoms with Crippen LogP contribution in [0, 0.1) is 5.41 Å². The summed E-state index contributed by atoms with van der Waals surface area (Å²) in [5, 5.41) is 11.8. The van der Waals surface area contributed by atoms with E-state index in [1.165, 1.54) is 19.2 Å². The molecule has 1 aromatic carbocycles. The Morgan fingerprint density at radius 1 is 1.45 bits per heavy atom. The topological polar surface area (TPSA) is 102 Å². The van der Waals surface area contributed by atoms with Crippen LogP contribution >= 0.6 is 0 Å². The molecule has 1 aliphatic carbocycles. The molecule has 0 unspecified atom stereocenters. The van der Waals surface area contributed by atoms with Gasteiger partial charge in [0, 0.05) is 12.6 Å². The zero-order valence-electron chi connectivity index (χ0n) is 11.3. The quantitative estimate of drug-likeness (QED) is 0.757. The summed E-state index contributed by atoms with van der Waals surface area (Å²) in [5.41, 5.74) is 5.39. The van der Waals surface area contributed by atoms with Crippen molar-refractivity contribution in [2.24, 2.45) is 11.1 Å². The van der Waals surface area contributed by atoms with Gasteiger partial charge in [0.25, 0.3) is 0 Å². The summed E-state index contributed by atoms with van der Waals surface area (Å²) in [4.78, 5) is 23.5. The van der Waals surface area contributed by atoms with Crippen molar-refractivity contribution < 1.29 is 19.4 Å². The highest BCUT2D eigenvalue weighted by molar-refractivity contribution is 6.03. The van der Waals surface area contributed by atoms with E-state index in [9.17, 15) is 9.59 Å². The van der Waals surface area contributed by atoms with Crippen molar-refractivity contribution in [3.05, 3.63) is 23.8 Å². The zero-order chi connectivity index (χ0) is 14.8. The van der Waals surface area contributed by atoms with Crippen LogP contribution in [0.5, 0.6) is 5.75 Å². The third-order valence-electron chi connectivity index (χ3n) is 3.89. The monoisotopic (exact) mass is 278 g/mol. The van der Waals surface area contributed by atoms with Gasteiger partial charge in [-0.05, 0) is 25.0 Å². The van der Waals surface area contributed by atoms with E-state index < -0.39 is 11.4 Å². The predicted octanol–water partition coefficient (Wildman–Crippen LogP) is 1.46. The van der Waals surface area contributed by atoms with E-state index in [2.05, 4.69) is 5.32 Å². The van der Waals surface area contributed by atoms with Crippen molar-refractivity contribution in [2.75, 3.05) is 19.0 Å². The van der Waals surface area contributed by atoms with Gasteiger partial charge in [0.05, 0.1) is 23.8 Å². The maximum absolute atomic E-state index is 12.3. The molecule has 0 atom stereocenters. The third-order valence-corrected chi connectivity index (χ3v) is 3.89. The van der Waals surface area contributed by atoms with Gasteiger partial charge in [-0.15, -0.1) is 0 Å². The SMILES string of the molecule is COc1ccc(C(=O)O)c(NC(=O)C2(CN)CCC2)c1. The fourth-order valence-electron chi connectivity index (χ4n) is 2.32. The molecular weight excluding hydrogens is 260 g/mol. The number of hydrogen-bond acceptors (Lipinski definition) is 4. The summed E-state index contributed by atoms with van der Waals surface area (Å²) in [6.07, 6.45) is 2.44. The molecule has 1 aromatic rings. The van der Waals surface area contributed by atoms with Gasteiger partial charge >= 0.3 is 5.97 Å². The largest absolute Gasteiger partial charge is 0.497 e. The van der Waals surface area contributed by atoms with Gasteiger partial charge in [0.15, 0.2) is 0 Å². The average Bonchev–Trinajstić information content (AvgIpc) is 2.37. The number of nitrogens with one attached hydrogen (secondary N) is 1. The first-order chi connectivity index (χ1) is 9.52. The van der Waals surface area contributed by atoms with Crippen LogP contribution in [0.25, 0.3) is 0 Å². The van der Waals surface area contributed by atoms with Crippen LogP contribution in [0.15, 0.2) is 18.2 Å². The Kier molecular flexibility index (Phi) is 3.94. The Balaban J connectivity index is 2.27. The molecule has 4 N–H and O–H groups in total. The maximum Gasteiger partial charge on any atom is 0.337 e. The van der Waals surface area contributed by atoms with E-state index in [-0.39, 0.29) is 23.7 Å². The fourth-order valence-corrected chi connectivity index (χ4v) is 2.32. The summed E-state index contributed by atoms with van der Waals surface area (Å²) >= 11 is 0. The molecule has 1 amide bonds. The maximum atomic E-state index is 12.3. The van der Waals surface area contributed by atoms with Crippen LogP contribution in [-0.4, -0.2) is 30.6 Å². The Labute approximate surface area is 116 Å². The van der Waals surface area contributed by atoms with E-state index in [4.69, 9.17) is 15.6 Å². The van der Waals surface area contributed by atoms with Crippen LogP contribution in [-0.2, 0) is 4.79 Å². The minimum Gasteiger partial charge on any atom is -0.497 e. The van der Waals surface area contributed by atoms with E-state index in [1.54, 1.807) is 6.07 Å². The number of carboxylic acid groups (broad SMARTS) is 1. The number of carbonyl (C=O) groups is 2. The molecule has 0 saturated heterocycles. The second kappa shape index (κ2) is 5.50. The molecule has 108 valence electrons. The van der Waals surface area contributed by atoms with Crippen molar-refractivity contribution in [3.8, 4) is 5.75 Å². The lowest BCUT2D eigenvalue weighted by Gasteiger charge is -2.39. The Morgan fingerprint density at radius 3 is 2.60 bits per heavy atom. The third kappa shape index (κ3) is 2.46. The molecule has 6 heteroatoms. The molecule has 1 saturated carbocycles. The number of methoxy groups -OCH3 is 1. The smallest absolute Gasteiger partial charge is 0.337 e. The average molecular weight is 278 g/mol. The highest BCUT2D eigenvalue weighted by Crippen LogP contribution is 2.41. The zero-order valence-corrected chi connectivity index (χ0v) is 11.3. The minimum absolute atomic E-state index is 0.0330. The van der Waals surface area contributed by atoms with Crippen LogP contribution in [0.4, 0.5) is 5.69 Å². The molecule has 0 aliphatic heterocycles. The van der Waals surface area contributed by atoms with Gasteiger partial charge in [-0.25, -0.2) is 4.79 Å². The molecule has 0 aromatic heterocycles. The first-order valence-corrected chi connectivity index (χ1v) is 6.45.